The van der Waals surface area contributed by atoms with E-state index in [0.29, 0.717) is 0 Å². The van der Waals surface area contributed by atoms with Crippen molar-refractivity contribution in [1.82, 2.24) is 24.5 Å². The average Bonchev–Trinajstić information content (AvgIpc) is 3.55. The van der Waals surface area contributed by atoms with Crippen LogP contribution in [0.2, 0.25) is 0 Å². The van der Waals surface area contributed by atoms with Crippen LogP contribution in [0, 0.1) is 0 Å². The lowest BCUT2D eigenvalue weighted by molar-refractivity contribution is 1.08. The molecule has 0 aliphatic rings. The highest BCUT2D eigenvalue weighted by atomic mass is 15.1. The van der Waals surface area contributed by atoms with Crippen LogP contribution in [0.15, 0.2) is 164 Å². The maximum atomic E-state index is 5.40. The number of rotatable bonds is 5. The minimum absolute atomic E-state index is 0.804. The van der Waals surface area contributed by atoms with E-state index in [4.69, 9.17) is 19.9 Å². The maximum Gasteiger partial charge on any atom is 0.165 e. The Labute approximate surface area is 271 Å². The predicted molar refractivity (Wildman–Crippen MR) is 191 cm³/mol. The molecule has 0 bridgehead atoms. The molecule has 0 spiro atoms. The van der Waals surface area contributed by atoms with Crippen molar-refractivity contribution in [2.75, 3.05) is 0 Å². The summed E-state index contributed by atoms with van der Waals surface area (Å²) in [5, 5.41) is 2.19. The second-order valence-electron chi connectivity index (χ2n) is 11.6. The van der Waals surface area contributed by atoms with E-state index in [0.717, 1.165) is 83.4 Å². The molecule has 220 valence electrons. The van der Waals surface area contributed by atoms with Crippen LogP contribution in [0.3, 0.4) is 0 Å². The van der Waals surface area contributed by atoms with Crippen LogP contribution < -0.4 is 0 Å². The van der Waals surface area contributed by atoms with Crippen molar-refractivity contribution in [3.05, 3.63) is 164 Å². The van der Waals surface area contributed by atoms with Gasteiger partial charge in [-0.1, -0.05) is 97.1 Å². The molecule has 0 amide bonds. The van der Waals surface area contributed by atoms with E-state index in [1.165, 1.54) is 0 Å². The van der Waals surface area contributed by atoms with Gasteiger partial charge in [-0.05, 0) is 65.2 Å². The van der Waals surface area contributed by atoms with Gasteiger partial charge in [0.15, 0.2) is 5.65 Å². The molecule has 9 rings (SSSR count). The number of imidazole rings is 1. The molecule has 47 heavy (non-hydrogen) atoms. The van der Waals surface area contributed by atoms with Crippen LogP contribution in [0.1, 0.15) is 0 Å². The Bertz CT molecular complexity index is 2460. The molecule has 0 aliphatic heterocycles. The topological polar surface area (TPSA) is 56.5 Å². The molecule has 4 heterocycles. The lowest BCUT2D eigenvalue weighted by Gasteiger charge is -2.14. The van der Waals surface area contributed by atoms with Gasteiger partial charge in [0.25, 0.3) is 0 Å². The van der Waals surface area contributed by atoms with Gasteiger partial charge in [-0.25, -0.2) is 9.97 Å². The molecule has 0 aliphatic carbocycles. The summed E-state index contributed by atoms with van der Waals surface area (Å²) in [7, 11) is 0. The van der Waals surface area contributed by atoms with Crippen molar-refractivity contribution >= 4 is 33.0 Å². The van der Waals surface area contributed by atoms with Crippen LogP contribution in [-0.4, -0.2) is 24.5 Å². The van der Waals surface area contributed by atoms with Gasteiger partial charge in [0, 0.05) is 57.3 Å². The van der Waals surface area contributed by atoms with E-state index < -0.39 is 0 Å². The summed E-state index contributed by atoms with van der Waals surface area (Å²) in [4.78, 5) is 19.9. The van der Waals surface area contributed by atoms with Gasteiger partial charge in [0.1, 0.15) is 11.3 Å². The molecule has 0 fully saturated rings. The molecule has 0 radical (unpaired) electrons. The van der Waals surface area contributed by atoms with Crippen LogP contribution in [0.4, 0.5) is 0 Å². The van der Waals surface area contributed by atoms with Crippen molar-refractivity contribution in [3.63, 3.8) is 0 Å². The SMILES string of the molecule is c1ccc(-c2ccnc3c2nc(-c2cc(-c4cccc5cccnc45)cc(-c4cccc5cccnc45)c2)n3-c2ccccc2)cc1. The summed E-state index contributed by atoms with van der Waals surface area (Å²) < 4.78 is 2.17. The van der Waals surface area contributed by atoms with Crippen molar-refractivity contribution < 1.29 is 0 Å². The highest BCUT2D eigenvalue weighted by Gasteiger charge is 2.21. The average molecular weight is 602 g/mol. The third-order valence-corrected chi connectivity index (χ3v) is 8.72. The first-order chi connectivity index (χ1) is 23.3. The molecule has 4 aromatic heterocycles. The van der Waals surface area contributed by atoms with Gasteiger partial charge in [-0.15, -0.1) is 0 Å². The Kier molecular flexibility index (Phi) is 6.39. The fourth-order valence-corrected chi connectivity index (χ4v) is 6.58. The van der Waals surface area contributed by atoms with E-state index in [1.54, 1.807) is 0 Å². The predicted octanol–water partition coefficient (Wildman–Crippen LogP) is 10.2. The lowest BCUT2D eigenvalue weighted by Crippen LogP contribution is -1.99. The van der Waals surface area contributed by atoms with Gasteiger partial charge in [0.05, 0.1) is 11.0 Å². The lowest BCUT2D eigenvalue weighted by atomic mass is 9.93. The minimum Gasteiger partial charge on any atom is -0.277 e. The van der Waals surface area contributed by atoms with E-state index >= 15 is 0 Å². The molecular formula is C42H27N5. The third kappa shape index (κ3) is 4.64. The van der Waals surface area contributed by atoms with E-state index in [2.05, 4.69) is 126 Å². The molecule has 0 unspecified atom stereocenters. The summed E-state index contributed by atoms with van der Waals surface area (Å²) in [6.07, 6.45) is 5.59. The largest absolute Gasteiger partial charge is 0.277 e. The number of para-hydroxylation sites is 3. The molecular weight excluding hydrogens is 574 g/mol. The quantitative estimate of drug-likeness (QED) is 0.197. The van der Waals surface area contributed by atoms with Crippen molar-refractivity contribution in [3.8, 4) is 50.5 Å². The standard InChI is InChI=1S/C42H27N5/c1-3-11-28(12-4-1)37-21-24-45-42-40(37)46-41(47(42)34-17-5-2-6-18-34)33-26-31(35-19-7-13-29-15-9-22-43-38(29)35)25-32(27-33)36-20-8-14-30-16-10-23-44-39(30)36/h1-27H. The summed E-state index contributed by atoms with van der Waals surface area (Å²) in [6.45, 7) is 0. The second-order valence-corrected chi connectivity index (χ2v) is 11.6. The van der Waals surface area contributed by atoms with Gasteiger partial charge in [-0.2, -0.15) is 0 Å². The second kappa shape index (κ2) is 11.2. The number of pyridine rings is 3. The first kappa shape index (κ1) is 26.9. The molecule has 0 N–H and O–H groups in total. The van der Waals surface area contributed by atoms with Crippen LogP contribution in [0.5, 0.6) is 0 Å². The minimum atomic E-state index is 0.804. The van der Waals surface area contributed by atoms with Crippen molar-refractivity contribution in [2.45, 2.75) is 0 Å². The fraction of sp³-hybridized carbons (Fsp3) is 0. The van der Waals surface area contributed by atoms with Gasteiger partial charge >= 0.3 is 0 Å². The first-order valence-electron chi connectivity index (χ1n) is 15.6. The highest BCUT2D eigenvalue weighted by molar-refractivity contribution is 5.99. The van der Waals surface area contributed by atoms with Crippen LogP contribution in [0.25, 0.3) is 83.4 Å². The smallest absolute Gasteiger partial charge is 0.165 e. The summed E-state index contributed by atoms with van der Waals surface area (Å²) in [6, 6.07) is 50.4. The number of hydrogen-bond donors (Lipinski definition) is 0. The molecule has 0 saturated heterocycles. The number of benzene rings is 5. The number of aromatic nitrogens is 5. The maximum absolute atomic E-state index is 5.40. The van der Waals surface area contributed by atoms with Gasteiger partial charge in [0.2, 0.25) is 0 Å². The zero-order chi connectivity index (χ0) is 31.2. The van der Waals surface area contributed by atoms with Crippen molar-refractivity contribution in [1.29, 1.82) is 0 Å². The summed E-state index contributed by atoms with van der Waals surface area (Å²) in [5.41, 5.74) is 11.9. The number of hydrogen-bond acceptors (Lipinski definition) is 4. The molecule has 5 aromatic carbocycles. The Morgan fingerprint density at radius 3 is 1.57 bits per heavy atom. The third-order valence-electron chi connectivity index (χ3n) is 8.72. The molecule has 9 aromatic rings. The Morgan fingerprint density at radius 2 is 0.936 bits per heavy atom. The highest BCUT2D eigenvalue weighted by Crippen LogP contribution is 2.39. The zero-order valence-corrected chi connectivity index (χ0v) is 25.3. The summed E-state index contributed by atoms with van der Waals surface area (Å²) >= 11 is 0. The molecule has 0 atom stereocenters. The Hall–Kier alpha value is -6.46. The molecule has 5 heteroatoms. The fourth-order valence-electron chi connectivity index (χ4n) is 6.58. The first-order valence-corrected chi connectivity index (χ1v) is 15.6. The van der Waals surface area contributed by atoms with Crippen LogP contribution in [-0.2, 0) is 0 Å². The van der Waals surface area contributed by atoms with Crippen molar-refractivity contribution in [2.24, 2.45) is 0 Å². The molecule has 0 saturated carbocycles. The Morgan fingerprint density at radius 1 is 0.383 bits per heavy atom. The van der Waals surface area contributed by atoms with E-state index in [9.17, 15) is 0 Å². The normalized spacial score (nSPS) is 11.4. The number of fused-ring (bicyclic) bond motifs is 3. The van der Waals surface area contributed by atoms with E-state index in [-0.39, 0.29) is 0 Å². The van der Waals surface area contributed by atoms with E-state index in [1.807, 2.05) is 42.9 Å². The summed E-state index contributed by atoms with van der Waals surface area (Å²) in [5.74, 6) is 0.812. The zero-order valence-electron chi connectivity index (χ0n) is 25.3. The monoisotopic (exact) mass is 601 g/mol. The van der Waals surface area contributed by atoms with Crippen LogP contribution >= 0.6 is 0 Å². The van der Waals surface area contributed by atoms with Gasteiger partial charge < -0.3 is 0 Å². The number of nitrogens with zero attached hydrogens (tertiary/aromatic N) is 5. The molecule has 5 nitrogen and oxygen atoms in total. The Balaban J connectivity index is 1.38. The van der Waals surface area contributed by atoms with Gasteiger partial charge in [-0.3, -0.25) is 14.5 Å².